The van der Waals surface area contributed by atoms with Gasteiger partial charge < -0.3 is 4.90 Å². The lowest BCUT2D eigenvalue weighted by Crippen LogP contribution is -2.30. The molecular formula is C14H9Cl2N3O3. The summed E-state index contributed by atoms with van der Waals surface area (Å²) in [7, 11) is 0. The number of benzene rings is 1. The van der Waals surface area contributed by atoms with Crippen LogP contribution in [0.25, 0.3) is 0 Å². The molecule has 0 saturated carbocycles. The van der Waals surface area contributed by atoms with E-state index in [1.165, 1.54) is 29.2 Å². The second kappa shape index (κ2) is 5.55. The summed E-state index contributed by atoms with van der Waals surface area (Å²) < 4.78 is 0. The van der Waals surface area contributed by atoms with Crippen molar-refractivity contribution in [3.8, 4) is 0 Å². The fourth-order valence-electron chi connectivity index (χ4n) is 2.39. The third-order valence-corrected chi connectivity index (χ3v) is 3.95. The zero-order chi connectivity index (χ0) is 15.9. The van der Waals surface area contributed by atoms with E-state index in [1.54, 1.807) is 6.07 Å². The van der Waals surface area contributed by atoms with Crippen molar-refractivity contribution in [2.75, 3.05) is 11.4 Å². The van der Waals surface area contributed by atoms with Crippen molar-refractivity contribution in [2.45, 2.75) is 6.42 Å². The number of anilines is 1. The van der Waals surface area contributed by atoms with Crippen LogP contribution in [-0.2, 0) is 6.42 Å². The van der Waals surface area contributed by atoms with Gasteiger partial charge in [0.15, 0.2) is 0 Å². The number of fused-ring (bicyclic) bond motifs is 1. The Balaban J connectivity index is 2.02. The van der Waals surface area contributed by atoms with Crippen LogP contribution in [0.15, 0.2) is 30.3 Å². The third-order valence-electron chi connectivity index (χ3n) is 3.43. The minimum Gasteiger partial charge on any atom is -0.306 e. The van der Waals surface area contributed by atoms with Crippen molar-refractivity contribution in [1.82, 2.24) is 4.98 Å². The molecule has 8 heteroatoms. The molecule has 0 radical (unpaired) electrons. The van der Waals surface area contributed by atoms with Crippen LogP contribution < -0.4 is 4.90 Å². The number of hydrogen-bond acceptors (Lipinski definition) is 4. The molecule has 0 bridgehead atoms. The molecule has 1 amide bonds. The first-order chi connectivity index (χ1) is 10.5. The first kappa shape index (κ1) is 14.7. The number of halogens is 2. The summed E-state index contributed by atoms with van der Waals surface area (Å²) in [6.07, 6.45) is 0.622. The fourth-order valence-corrected chi connectivity index (χ4v) is 2.72. The summed E-state index contributed by atoms with van der Waals surface area (Å²) in [6.45, 7) is 0.417. The van der Waals surface area contributed by atoms with Crippen LogP contribution in [0.3, 0.4) is 0 Å². The summed E-state index contributed by atoms with van der Waals surface area (Å²) >= 11 is 11.8. The second-order valence-electron chi connectivity index (χ2n) is 4.74. The van der Waals surface area contributed by atoms with Gasteiger partial charge in [0.25, 0.3) is 11.6 Å². The Bertz CT molecular complexity index is 795. The Morgan fingerprint density at radius 3 is 2.77 bits per heavy atom. The fraction of sp³-hybridized carbons (Fsp3) is 0.143. The van der Waals surface area contributed by atoms with E-state index >= 15 is 0 Å². The van der Waals surface area contributed by atoms with Crippen molar-refractivity contribution >= 4 is 40.5 Å². The van der Waals surface area contributed by atoms with Gasteiger partial charge in [-0.2, -0.15) is 0 Å². The maximum atomic E-state index is 12.6. The first-order valence-electron chi connectivity index (χ1n) is 6.38. The van der Waals surface area contributed by atoms with Crippen LogP contribution in [0.5, 0.6) is 0 Å². The largest absolute Gasteiger partial charge is 0.306 e. The predicted molar refractivity (Wildman–Crippen MR) is 82.7 cm³/mol. The van der Waals surface area contributed by atoms with Crippen LogP contribution in [0.1, 0.15) is 16.1 Å². The summed E-state index contributed by atoms with van der Waals surface area (Å²) in [5.41, 5.74) is 1.35. The van der Waals surface area contributed by atoms with E-state index in [4.69, 9.17) is 23.2 Å². The van der Waals surface area contributed by atoms with Crippen LogP contribution in [0, 0.1) is 10.1 Å². The molecule has 1 aliphatic rings. The maximum absolute atomic E-state index is 12.6. The van der Waals surface area contributed by atoms with Gasteiger partial charge in [-0.3, -0.25) is 14.9 Å². The van der Waals surface area contributed by atoms with E-state index in [2.05, 4.69) is 4.98 Å². The number of carbonyl (C=O) groups excluding carboxylic acids is 1. The molecule has 0 aliphatic carbocycles. The van der Waals surface area contributed by atoms with Crippen LogP contribution >= 0.6 is 23.2 Å². The van der Waals surface area contributed by atoms with Crippen molar-refractivity contribution < 1.29 is 9.72 Å². The predicted octanol–water partition coefficient (Wildman–Crippen LogP) is 3.50. The molecule has 0 saturated heterocycles. The topological polar surface area (TPSA) is 76.3 Å². The number of amides is 1. The molecule has 6 nitrogen and oxygen atoms in total. The van der Waals surface area contributed by atoms with Gasteiger partial charge in [0, 0.05) is 18.7 Å². The molecule has 2 aromatic rings. The zero-order valence-corrected chi connectivity index (χ0v) is 12.6. The monoisotopic (exact) mass is 337 g/mol. The molecule has 0 spiro atoms. The number of nitro benzene ring substituents is 1. The number of rotatable bonds is 2. The number of nitro groups is 1. The van der Waals surface area contributed by atoms with Crippen LogP contribution in [-0.4, -0.2) is 22.4 Å². The SMILES string of the molecule is O=C(c1nc(Cl)ccc1Cl)N1CCc2ccc([N+](=O)[O-])cc21. The highest BCUT2D eigenvalue weighted by Gasteiger charge is 2.29. The van der Waals surface area contributed by atoms with E-state index < -0.39 is 10.8 Å². The lowest BCUT2D eigenvalue weighted by Gasteiger charge is -2.17. The van der Waals surface area contributed by atoms with Gasteiger partial charge in [-0.05, 0) is 24.1 Å². The van der Waals surface area contributed by atoms with E-state index in [0.717, 1.165) is 5.56 Å². The molecule has 0 unspecified atom stereocenters. The number of pyridine rings is 1. The molecule has 0 fully saturated rings. The molecule has 0 atom stereocenters. The summed E-state index contributed by atoms with van der Waals surface area (Å²) in [5.74, 6) is -0.424. The van der Waals surface area contributed by atoms with Crippen LogP contribution in [0.4, 0.5) is 11.4 Å². The van der Waals surface area contributed by atoms with E-state index in [-0.39, 0.29) is 21.6 Å². The molecule has 2 heterocycles. The van der Waals surface area contributed by atoms with E-state index in [9.17, 15) is 14.9 Å². The average Bonchev–Trinajstić information content (AvgIpc) is 2.92. The molecule has 3 rings (SSSR count). The molecule has 1 aromatic heterocycles. The zero-order valence-electron chi connectivity index (χ0n) is 11.1. The smallest absolute Gasteiger partial charge is 0.278 e. The Hall–Kier alpha value is -2.18. The van der Waals surface area contributed by atoms with Crippen molar-refractivity contribution in [1.29, 1.82) is 0 Å². The number of nitrogens with zero attached hydrogens (tertiary/aromatic N) is 3. The van der Waals surface area contributed by atoms with E-state index in [0.29, 0.717) is 18.7 Å². The van der Waals surface area contributed by atoms with Gasteiger partial charge in [-0.15, -0.1) is 0 Å². The van der Waals surface area contributed by atoms with Gasteiger partial charge in [0.1, 0.15) is 10.8 Å². The van der Waals surface area contributed by atoms with Gasteiger partial charge >= 0.3 is 0 Å². The summed E-state index contributed by atoms with van der Waals surface area (Å²) in [4.78, 5) is 28.4. The normalized spacial score (nSPS) is 13.1. The number of hydrogen-bond donors (Lipinski definition) is 0. The highest BCUT2D eigenvalue weighted by atomic mass is 35.5. The Morgan fingerprint density at radius 1 is 1.27 bits per heavy atom. The lowest BCUT2D eigenvalue weighted by atomic mass is 10.1. The summed E-state index contributed by atoms with van der Waals surface area (Å²) in [5, 5.41) is 11.2. The minimum atomic E-state index is -0.494. The molecule has 1 aromatic carbocycles. The summed E-state index contributed by atoms with van der Waals surface area (Å²) in [6, 6.07) is 7.46. The quantitative estimate of drug-likeness (QED) is 0.477. The molecule has 1 aliphatic heterocycles. The first-order valence-corrected chi connectivity index (χ1v) is 7.14. The Morgan fingerprint density at radius 2 is 2.05 bits per heavy atom. The molecule has 22 heavy (non-hydrogen) atoms. The Kier molecular flexibility index (Phi) is 3.72. The van der Waals surface area contributed by atoms with E-state index in [1.807, 2.05) is 0 Å². The van der Waals surface area contributed by atoms with Gasteiger partial charge in [0.2, 0.25) is 0 Å². The molecule has 112 valence electrons. The van der Waals surface area contributed by atoms with Crippen molar-refractivity contribution in [3.63, 3.8) is 0 Å². The average molecular weight is 338 g/mol. The lowest BCUT2D eigenvalue weighted by molar-refractivity contribution is -0.384. The second-order valence-corrected chi connectivity index (χ2v) is 5.54. The number of non-ortho nitro benzene ring substituents is 1. The highest BCUT2D eigenvalue weighted by Crippen LogP contribution is 2.33. The van der Waals surface area contributed by atoms with Gasteiger partial charge in [-0.1, -0.05) is 29.3 Å². The number of aromatic nitrogens is 1. The van der Waals surface area contributed by atoms with Gasteiger partial charge in [0.05, 0.1) is 15.6 Å². The molecular weight excluding hydrogens is 329 g/mol. The highest BCUT2D eigenvalue weighted by molar-refractivity contribution is 6.35. The third kappa shape index (κ3) is 2.51. The van der Waals surface area contributed by atoms with Crippen molar-refractivity contribution in [3.05, 3.63) is 61.9 Å². The Labute approximate surface area is 135 Å². The number of carbonyl (C=O) groups is 1. The van der Waals surface area contributed by atoms with Crippen LogP contribution in [0.2, 0.25) is 10.2 Å². The standard InChI is InChI=1S/C14H9Cl2N3O3/c15-10-3-4-12(16)17-13(10)14(20)18-6-5-8-1-2-9(19(21)22)7-11(8)18/h1-4,7H,5-6H2. The van der Waals surface area contributed by atoms with Crippen molar-refractivity contribution in [2.24, 2.45) is 0 Å². The maximum Gasteiger partial charge on any atom is 0.278 e. The van der Waals surface area contributed by atoms with Gasteiger partial charge in [-0.25, -0.2) is 4.98 Å². The minimum absolute atomic E-state index is 0.0357. The molecule has 0 N–H and O–H groups in total.